The predicted octanol–water partition coefficient (Wildman–Crippen LogP) is 1.87. The molecule has 0 saturated carbocycles. The lowest BCUT2D eigenvalue weighted by molar-refractivity contribution is -0.0502. The summed E-state index contributed by atoms with van der Waals surface area (Å²) in [6, 6.07) is 4.06. The molecule has 1 atom stereocenters. The van der Waals surface area contributed by atoms with Gasteiger partial charge in [0.15, 0.2) is 0 Å². The molecule has 1 aromatic rings. The number of rotatable bonds is 8. The molecule has 1 aliphatic rings. The first-order chi connectivity index (χ1) is 12.0. The van der Waals surface area contributed by atoms with Crippen LogP contribution in [-0.4, -0.2) is 61.9 Å². The molecule has 0 aliphatic carbocycles. The van der Waals surface area contributed by atoms with E-state index in [-0.39, 0.29) is 17.9 Å². The van der Waals surface area contributed by atoms with E-state index in [1.54, 1.807) is 0 Å². The predicted molar refractivity (Wildman–Crippen MR) is 88.3 cm³/mol. The Kier molecular flexibility index (Phi) is 7.39. The molecule has 1 aliphatic heterocycles. The van der Waals surface area contributed by atoms with Gasteiger partial charge in [0.2, 0.25) is 0 Å². The minimum absolute atomic E-state index is 0.0359. The van der Waals surface area contributed by atoms with E-state index in [1.807, 2.05) is 0 Å². The molecule has 2 N–H and O–H groups in total. The number of likely N-dealkylation sites (tertiary alicyclic amines) is 1. The smallest absolute Gasteiger partial charge is 0.387 e. The highest BCUT2D eigenvalue weighted by Gasteiger charge is 2.19. The van der Waals surface area contributed by atoms with Gasteiger partial charge in [0.25, 0.3) is 5.91 Å². The Balaban J connectivity index is 1.92. The molecule has 25 heavy (non-hydrogen) atoms. The number of alkyl halides is 2. The van der Waals surface area contributed by atoms with E-state index in [9.17, 15) is 18.7 Å². The van der Waals surface area contributed by atoms with Crippen LogP contribution in [0.3, 0.4) is 0 Å². The Labute approximate surface area is 145 Å². The van der Waals surface area contributed by atoms with Crippen LogP contribution in [0.1, 0.15) is 29.6 Å². The van der Waals surface area contributed by atoms with E-state index in [1.165, 1.54) is 31.7 Å². The highest BCUT2D eigenvalue weighted by Crippen LogP contribution is 2.26. The molecular weight excluding hydrogens is 334 g/mol. The summed E-state index contributed by atoms with van der Waals surface area (Å²) in [5.41, 5.74) is -0.0359. The van der Waals surface area contributed by atoms with Crippen molar-refractivity contribution in [2.45, 2.75) is 32.0 Å². The minimum Gasteiger partial charge on any atom is -0.497 e. The summed E-state index contributed by atoms with van der Waals surface area (Å²) in [6.45, 7) is -0.659. The summed E-state index contributed by atoms with van der Waals surface area (Å²) >= 11 is 0. The first kappa shape index (κ1) is 19.4. The van der Waals surface area contributed by atoms with E-state index < -0.39 is 18.6 Å². The maximum absolute atomic E-state index is 12.5. The van der Waals surface area contributed by atoms with Gasteiger partial charge in [0, 0.05) is 19.2 Å². The molecular formula is C17H24F2N2O4. The number of piperidine rings is 1. The third-order valence-electron chi connectivity index (χ3n) is 4.07. The van der Waals surface area contributed by atoms with Gasteiger partial charge >= 0.3 is 6.61 Å². The molecule has 0 aromatic heterocycles. The first-order valence-electron chi connectivity index (χ1n) is 8.31. The molecule has 1 heterocycles. The van der Waals surface area contributed by atoms with Crippen molar-refractivity contribution < 1.29 is 28.2 Å². The number of nitrogens with zero attached hydrogens (tertiary/aromatic N) is 1. The van der Waals surface area contributed by atoms with Crippen LogP contribution in [0.2, 0.25) is 0 Å². The number of halogens is 2. The molecule has 0 spiro atoms. The first-order valence-corrected chi connectivity index (χ1v) is 8.31. The number of benzene rings is 1. The Morgan fingerprint density at radius 1 is 1.32 bits per heavy atom. The van der Waals surface area contributed by atoms with Gasteiger partial charge in [0.1, 0.15) is 11.5 Å². The monoisotopic (exact) mass is 358 g/mol. The van der Waals surface area contributed by atoms with Gasteiger partial charge in [-0.2, -0.15) is 8.78 Å². The number of nitrogens with one attached hydrogen (secondary N) is 1. The molecule has 1 unspecified atom stereocenters. The Hall–Kier alpha value is -1.93. The van der Waals surface area contributed by atoms with Crippen LogP contribution >= 0.6 is 0 Å². The molecule has 0 radical (unpaired) electrons. The van der Waals surface area contributed by atoms with Crippen molar-refractivity contribution in [2.75, 3.05) is 33.3 Å². The fourth-order valence-electron chi connectivity index (χ4n) is 2.82. The Morgan fingerprint density at radius 3 is 2.68 bits per heavy atom. The quantitative estimate of drug-likeness (QED) is 0.742. The average molecular weight is 358 g/mol. The molecule has 6 nitrogen and oxygen atoms in total. The van der Waals surface area contributed by atoms with Crippen LogP contribution in [-0.2, 0) is 0 Å². The highest BCUT2D eigenvalue weighted by molar-refractivity contribution is 5.97. The topological polar surface area (TPSA) is 71.0 Å². The van der Waals surface area contributed by atoms with Gasteiger partial charge in [-0.3, -0.25) is 4.79 Å². The molecule has 8 heteroatoms. The lowest BCUT2D eigenvalue weighted by Gasteiger charge is -2.28. The van der Waals surface area contributed by atoms with E-state index in [4.69, 9.17) is 4.74 Å². The van der Waals surface area contributed by atoms with E-state index in [2.05, 4.69) is 15.0 Å². The average Bonchev–Trinajstić information content (AvgIpc) is 2.60. The zero-order valence-corrected chi connectivity index (χ0v) is 14.2. The number of amides is 1. The molecule has 2 rings (SSSR count). The molecule has 1 aromatic carbocycles. The summed E-state index contributed by atoms with van der Waals surface area (Å²) in [5.74, 6) is -0.550. The zero-order valence-electron chi connectivity index (χ0n) is 14.2. The summed E-state index contributed by atoms with van der Waals surface area (Å²) < 4.78 is 34.4. The van der Waals surface area contributed by atoms with Crippen LogP contribution < -0.4 is 14.8 Å². The summed E-state index contributed by atoms with van der Waals surface area (Å²) in [5, 5.41) is 12.6. The van der Waals surface area contributed by atoms with Gasteiger partial charge in [0.05, 0.1) is 18.8 Å². The Morgan fingerprint density at radius 2 is 2.04 bits per heavy atom. The number of aliphatic hydroxyl groups is 1. The standard InChI is InChI=1S/C17H24F2N2O4/c1-24-13-5-6-14(15(9-13)25-17(18)19)16(23)20-10-12(22)11-21-7-3-2-4-8-21/h5-6,9,12,17,22H,2-4,7-8,10-11H2,1H3,(H,20,23). The molecule has 0 bridgehead atoms. The van der Waals surface area contributed by atoms with E-state index >= 15 is 0 Å². The Bertz CT molecular complexity index is 566. The largest absolute Gasteiger partial charge is 0.497 e. The molecule has 140 valence electrons. The van der Waals surface area contributed by atoms with Crippen LogP contribution in [0.15, 0.2) is 18.2 Å². The third-order valence-corrected chi connectivity index (χ3v) is 4.07. The number of aliphatic hydroxyl groups excluding tert-OH is 1. The van der Waals surface area contributed by atoms with Crippen molar-refractivity contribution in [2.24, 2.45) is 0 Å². The number of β-amino-alcohol motifs (C(OH)–C–C–N with tert-alkyl or cyclic N) is 1. The maximum Gasteiger partial charge on any atom is 0.387 e. The number of ether oxygens (including phenoxy) is 2. The van der Waals surface area contributed by atoms with Crippen LogP contribution in [0, 0.1) is 0 Å². The number of carbonyl (C=O) groups is 1. The fourth-order valence-corrected chi connectivity index (χ4v) is 2.82. The SMILES string of the molecule is COc1ccc(C(=O)NCC(O)CN2CCCCC2)c(OC(F)F)c1. The van der Waals surface area contributed by atoms with Gasteiger partial charge < -0.3 is 24.8 Å². The van der Waals surface area contributed by atoms with Crippen molar-refractivity contribution >= 4 is 5.91 Å². The maximum atomic E-state index is 12.5. The normalized spacial score (nSPS) is 16.5. The fraction of sp³-hybridized carbons (Fsp3) is 0.588. The van der Waals surface area contributed by atoms with Crippen LogP contribution in [0.5, 0.6) is 11.5 Å². The second-order valence-electron chi connectivity index (χ2n) is 5.97. The number of methoxy groups -OCH3 is 1. The third kappa shape index (κ3) is 6.13. The lowest BCUT2D eigenvalue weighted by Crippen LogP contribution is -2.42. The van der Waals surface area contributed by atoms with Crippen molar-refractivity contribution in [3.8, 4) is 11.5 Å². The molecule has 1 amide bonds. The second-order valence-corrected chi connectivity index (χ2v) is 5.97. The van der Waals surface area contributed by atoms with Crippen molar-refractivity contribution in [3.05, 3.63) is 23.8 Å². The van der Waals surface area contributed by atoms with Gasteiger partial charge in [-0.25, -0.2) is 0 Å². The van der Waals surface area contributed by atoms with Crippen molar-refractivity contribution in [1.29, 1.82) is 0 Å². The molecule has 1 fully saturated rings. The zero-order chi connectivity index (χ0) is 18.2. The van der Waals surface area contributed by atoms with Gasteiger partial charge in [-0.05, 0) is 38.1 Å². The molecule has 1 saturated heterocycles. The lowest BCUT2D eigenvalue weighted by atomic mass is 10.1. The number of hydrogen-bond acceptors (Lipinski definition) is 5. The van der Waals surface area contributed by atoms with Crippen molar-refractivity contribution in [1.82, 2.24) is 10.2 Å². The summed E-state index contributed by atoms with van der Waals surface area (Å²) in [6.07, 6.45) is 2.70. The van der Waals surface area contributed by atoms with Crippen molar-refractivity contribution in [3.63, 3.8) is 0 Å². The van der Waals surface area contributed by atoms with Gasteiger partial charge in [-0.1, -0.05) is 6.42 Å². The highest BCUT2D eigenvalue weighted by atomic mass is 19.3. The van der Waals surface area contributed by atoms with Gasteiger partial charge in [-0.15, -0.1) is 0 Å². The van der Waals surface area contributed by atoms with Crippen LogP contribution in [0.25, 0.3) is 0 Å². The minimum atomic E-state index is -3.05. The number of hydrogen-bond donors (Lipinski definition) is 2. The van der Waals surface area contributed by atoms with E-state index in [0.717, 1.165) is 25.9 Å². The second kappa shape index (κ2) is 9.53. The van der Waals surface area contributed by atoms with Crippen LogP contribution in [0.4, 0.5) is 8.78 Å². The van der Waals surface area contributed by atoms with E-state index in [0.29, 0.717) is 12.3 Å². The number of carbonyl (C=O) groups excluding carboxylic acids is 1. The summed E-state index contributed by atoms with van der Waals surface area (Å²) in [4.78, 5) is 14.4. The summed E-state index contributed by atoms with van der Waals surface area (Å²) in [7, 11) is 1.39.